The summed E-state index contributed by atoms with van der Waals surface area (Å²) in [6.45, 7) is 1.67. The Morgan fingerprint density at radius 3 is 3.06 bits per heavy atom. The van der Waals surface area contributed by atoms with Crippen LogP contribution in [0.4, 0.5) is 4.79 Å². The van der Waals surface area contributed by atoms with Crippen LogP contribution in [0.5, 0.6) is 0 Å². The lowest BCUT2D eigenvalue weighted by Gasteiger charge is -2.32. The normalized spacial score (nSPS) is 20.8. The van der Waals surface area contributed by atoms with E-state index in [4.69, 9.17) is 16.7 Å². The van der Waals surface area contributed by atoms with Crippen LogP contribution >= 0.6 is 11.6 Å². The Morgan fingerprint density at radius 1 is 1.56 bits per heavy atom. The lowest BCUT2D eigenvalue weighted by Crippen LogP contribution is -2.47. The van der Waals surface area contributed by atoms with Crippen LogP contribution in [0, 0.1) is 0 Å². The number of benzene rings is 1. The summed E-state index contributed by atoms with van der Waals surface area (Å²) >= 11 is 5.91. The number of carbonyl (C=O) groups is 1. The molecule has 0 spiro atoms. The molecule has 0 bridgehead atoms. The summed E-state index contributed by atoms with van der Waals surface area (Å²) < 4.78 is 0. The number of nitrogens with zero attached hydrogens (tertiary/aromatic N) is 1. The van der Waals surface area contributed by atoms with Gasteiger partial charge < -0.3 is 15.3 Å². The van der Waals surface area contributed by atoms with Crippen LogP contribution in [0.25, 0.3) is 0 Å². The van der Waals surface area contributed by atoms with Crippen molar-refractivity contribution in [1.82, 2.24) is 10.2 Å². The van der Waals surface area contributed by atoms with E-state index in [1.807, 2.05) is 24.3 Å². The molecule has 2 rings (SSSR count). The second kappa shape index (κ2) is 4.72. The number of amides is 1. The molecule has 5 heteroatoms. The third kappa shape index (κ3) is 2.46. The summed E-state index contributed by atoms with van der Waals surface area (Å²) in [5.41, 5.74) is 1.03. The van der Waals surface area contributed by atoms with Gasteiger partial charge in [0.15, 0.2) is 0 Å². The first kappa shape index (κ1) is 11.2. The van der Waals surface area contributed by atoms with E-state index in [1.54, 1.807) is 0 Å². The molecular weight excluding hydrogens is 228 g/mol. The number of carboxylic acid groups (broad SMARTS) is 1. The van der Waals surface area contributed by atoms with Crippen molar-refractivity contribution < 1.29 is 9.90 Å². The Labute approximate surface area is 98.8 Å². The van der Waals surface area contributed by atoms with Gasteiger partial charge in [-0.3, -0.25) is 0 Å². The molecule has 1 unspecified atom stereocenters. The van der Waals surface area contributed by atoms with Crippen molar-refractivity contribution >= 4 is 17.7 Å². The molecule has 0 radical (unpaired) electrons. The van der Waals surface area contributed by atoms with E-state index in [1.165, 1.54) is 4.90 Å². The molecule has 2 N–H and O–H groups in total. The fourth-order valence-electron chi connectivity index (χ4n) is 1.87. The molecule has 1 heterocycles. The minimum absolute atomic E-state index is 0.0311. The Balaban J connectivity index is 2.12. The predicted molar refractivity (Wildman–Crippen MR) is 61.8 cm³/mol. The van der Waals surface area contributed by atoms with E-state index in [0.717, 1.165) is 5.56 Å². The first-order valence-corrected chi connectivity index (χ1v) is 5.51. The summed E-state index contributed by atoms with van der Waals surface area (Å²) in [5.74, 6) is 0. The molecule has 1 aromatic rings. The zero-order valence-corrected chi connectivity index (χ0v) is 9.44. The molecule has 1 amide bonds. The topological polar surface area (TPSA) is 52.6 Å². The molecule has 1 atom stereocenters. The van der Waals surface area contributed by atoms with E-state index in [-0.39, 0.29) is 6.04 Å². The third-order valence-corrected chi connectivity index (χ3v) is 2.93. The van der Waals surface area contributed by atoms with Crippen LogP contribution in [0.15, 0.2) is 24.3 Å². The van der Waals surface area contributed by atoms with Crippen molar-refractivity contribution in [3.8, 4) is 0 Å². The van der Waals surface area contributed by atoms with Crippen LogP contribution in [0.2, 0.25) is 5.02 Å². The van der Waals surface area contributed by atoms with Gasteiger partial charge in [0.2, 0.25) is 0 Å². The van der Waals surface area contributed by atoms with E-state index in [2.05, 4.69) is 5.32 Å². The molecule has 0 aromatic heterocycles. The molecule has 0 aliphatic carbocycles. The molecule has 1 fully saturated rings. The van der Waals surface area contributed by atoms with Crippen molar-refractivity contribution in [1.29, 1.82) is 0 Å². The van der Waals surface area contributed by atoms with Crippen molar-refractivity contribution in [2.45, 2.75) is 6.04 Å². The standard InChI is InChI=1S/C11H13ClN2O2/c12-9-3-1-2-8(6-9)10-7-14(11(15)16)5-4-13-10/h1-3,6,10,13H,4-5,7H2,(H,15,16). The summed E-state index contributed by atoms with van der Waals surface area (Å²) in [6.07, 6.45) is -0.867. The van der Waals surface area contributed by atoms with Crippen molar-refractivity contribution in [3.63, 3.8) is 0 Å². The molecule has 86 valence electrons. The minimum atomic E-state index is -0.867. The van der Waals surface area contributed by atoms with Gasteiger partial charge in [0.25, 0.3) is 0 Å². The van der Waals surface area contributed by atoms with Gasteiger partial charge in [-0.05, 0) is 17.7 Å². The monoisotopic (exact) mass is 240 g/mol. The second-order valence-electron chi connectivity index (χ2n) is 3.79. The van der Waals surface area contributed by atoms with E-state index in [9.17, 15) is 4.79 Å². The van der Waals surface area contributed by atoms with Crippen LogP contribution in [-0.2, 0) is 0 Å². The Morgan fingerprint density at radius 2 is 2.38 bits per heavy atom. The van der Waals surface area contributed by atoms with Crippen LogP contribution in [0.1, 0.15) is 11.6 Å². The fraction of sp³-hybridized carbons (Fsp3) is 0.364. The van der Waals surface area contributed by atoms with Crippen LogP contribution in [-0.4, -0.2) is 35.7 Å². The number of rotatable bonds is 1. The average Bonchev–Trinajstić information content (AvgIpc) is 2.29. The van der Waals surface area contributed by atoms with Gasteiger partial charge in [0.05, 0.1) is 6.04 Å². The zero-order chi connectivity index (χ0) is 11.5. The maximum Gasteiger partial charge on any atom is 0.407 e. The Kier molecular flexibility index (Phi) is 3.31. The highest BCUT2D eigenvalue weighted by atomic mass is 35.5. The highest BCUT2D eigenvalue weighted by Crippen LogP contribution is 2.20. The molecule has 0 saturated carbocycles. The summed E-state index contributed by atoms with van der Waals surface area (Å²) in [7, 11) is 0. The fourth-order valence-corrected chi connectivity index (χ4v) is 2.07. The van der Waals surface area contributed by atoms with Gasteiger partial charge in [-0.25, -0.2) is 4.79 Å². The van der Waals surface area contributed by atoms with Gasteiger partial charge in [0.1, 0.15) is 0 Å². The average molecular weight is 241 g/mol. The number of piperazine rings is 1. The van der Waals surface area contributed by atoms with Crippen molar-refractivity contribution in [2.24, 2.45) is 0 Å². The number of hydrogen-bond donors (Lipinski definition) is 2. The van der Waals surface area contributed by atoms with E-state index >= 15 is 0 Å². The quantitative estimate of drug-likeness (QED) is 0.789. The predicted octanol–water partition coefficient (Wildman–Crippen LogP) is 1.96. The SMILES string of the molecule is O=C(O)N1CCNC(c2cccc(Cl)c2)C1. The van der Waals surface area contributed by atoms with Gasteiger partial charge in [0, 0.05) is 24.7 Å². The minimum Gasteiger partial charge on any atom is -0.465 e. The lowest BCUT2D eigenvalue weighted by molar-refractivity contribution is 0.129. The first-order valence-electron chi connectivity index (χ1n) is 5.13. The highest BCUT2D eigenvalue weighted by Gasteiger charge is 2.23. The molecule has 1 aliphatic rings. The summed E-state index contributed by atoms with van der Waals surface area (Å²) in [5, 5.41) is 12.9. The van der Waals surface area contributed by atoms with Crippen LogP contribution < -0.4 is 5.32 Å². The molecule has 1 saturated heterocycles. The van der Waals surface area contributed by atoms with E-state index < -0.39 is 6.09 Å². The Hall–Kier alpha value is -1.26. The van der Waals surface area contributed by atoms with Gasteiger partial charge >= 0.3 is 6.09 Å². The molecule has 1 aromatic carbocycles. The highest BCUT2D eigenvalue weighted by molar-refractivity contribution is 6.30. The largest absolute Gasteiger partial charge is 0.465 e. The first-order chi connectivity index (χ1) is 7.66. The lowest BCUT2D eigenvalue weighted by atomic mass is 10.1. The molecular formula is C11H13ClN2O2. The van der Waals surface area contributed by atoms with E-state index in [0.29, 0.717) is 24.7 Å². The van der Waals surface area contributed by atoms with Crippen molar-refractivity contribution in [3.05, 3.63) is 34.9 Å². The smallest absolute Gasteiger partial charge is 0.407 e. The van der Waals surface area contributed by atoms with Gasteiger partial charge in [-0.15, -0.1) is 0 Å². The number of nitrogens with one attached hydrogen (secondary N) is 1. The van der Waals surface area contributed by atoms with Gasteiger partial charge in [-0.1, -0.05) is 23.7 Å². The summed E-state index contributed by atoms with van der Waals surface area (Å²) in [4.78, 5) is 12.3. The molecule has 1 aliphatic heterocycles. The maximum atomic E-state index is 10.9. The molecule has 4 nitrogen and oxygen atoms in total. The maximum absolute atomic E-state index is 10.9. The number of hydrogen-bond acceptors (Lipinski definition) is 2. The Bertz CT molecular complexity index is 397. The summed E-state index contributed by atoms with van der Waals surface area (Å²) in [6, 6.07) is 7.53. The number of halogens is 1. The second-order valence-corrected chi connectivity index (χ2v) is 4.23. The van der Waals surface area contributed by atoms with Crippen molar-refractivity contribution in [2.75, 3.05) is 19.6 Å². The molecule has 16 heavy (non-hydrogen) atoms. The third-order valence-electron chi connectivity index (χ3n) is 2.70. The van der Waals surface area contributed by atoms with Crippen LogP contribution in [0.3, 0.4) is 0 Å². The van der Waals surface area contributed by atoms with Gasteiger partial charge in [-0.2, -0.15) is 0 Å². The zero-order valence-electron chi connectivity index (χ0n) is 8.69.